The van der Waals surface area contributed by atoms with Crippen LogP contribution in [0.1, 0.15) is 28.0 Å². The Morgan fingerprint density at radius 3 is 2.13 bits per heavy atom. The minimum Gasteiger partial charge on any atom is -0.497 e. The molecule has 0 atom stereocenters. The first-order chi connectivity index (χ1) is 18.5. The van der Waals surface area contributed by atoms with E-state index in [1.54, 1.807) is 55.3 Å². The molecule has 3 aromatic carbocycles. The van der Waals surface area contributed by atoms with Crippen LogP contribution in [0.5, 0.6) is 11.5 Å². The van der Waals surface area contributed by atoms with Crippen LogP contribution in [-0.2, 0) is 17.9 Å². The van der Waals surface area contributed by atoms with Crippen LogP contribution in [0.15, 0.2) is 89.5 Å². The maximum Gasteiger partial charge on any atom is 0.276 e. The predicted molar refractivity (Wildman–Crippen MR) is 144 cm³/mol. The van der Waals surface area contributed by atoms with Crippen LogP contribution >= 0.6 is 0 Å². The monoisotopic (exact) mass is 513 g/mol. The summed E-state index contributed by atoms with van der Waals surface area (Å²) < 4.78 is 16.3. The Bertz CT molecular complexity index is 1350. The largest absolute Gasteiger partial charge is 0.497 e. The van der Waals surface area contributed by atoms with Crippen molar-refractivity contribution in [2.45, 2.75) is 19.5 Å². The fourth-order valence-corrected chi connectivity index (χ4v) is 4.09. The number of aromatic nitrogens is 1. The first-order valence-electron chi connectivity index (χ1n) is 12.3. The SMILES string of the molecule is COc1ccc(OC)c(-c2cc(C(=O)N(CCC(=O)N(C)Cc3ccccc3)Cc3ccccc3)no2)c1. The maximum absolute atomic E-state index is 13.6. The molecule has 8 heteroatoms. The quantitative estimate of drug-likeness (QED) is 0.279. The molecule has 4 aromatic rings. The zero-order valence-electron chi connectivity index (χ0n) is 21.8. The minimum absolute atomic E-state index is 0.0540. The van der Waals surface area contributed by atoms with Gasteiger partial charge in [0.25, 0.3) is 5.91 Å². The van der Waals surface area contributed by atoms with E-state index in [2.05, 4.69) is 5.16 Å². The third kappa shape index (κ3) is 6.59. The molecule has 196 valence electrons. The molecule has 0 saturated heterocycles. The summed E-state index contributed by atoms with van der Waals surface area (Å²) in [6.45, 7) is 1.07. The van der Waals surface area contributed by atoms with Crippen LogP contribution in [0.2, 0.25) is 0 Å². The summed E-state index contributed by atoms with van der Waals surface area (Å²) >= 11 is 0. The van der Waals surface area contributed by atoms with Gasteiger partial charge in [0, 0.05) is 39.2 Å². The topological polar surface area (TPSA) is 85.1 Å². The number of carbonyl (C=O) groups is 2. The zero-order valence-corrected chi connectivity index (χ0v) is 21.8. The molecule has 0 saturated carbocycles. The lowest BCUT2D eigenvalue weighted by Crippen LogP contribution is -2.35. The number of benzene rings is 3. The molecule has 1 heterocycles. The maximum atomic E-state index is 13.6. The van der Waals surface area contributed by atoms with Crippen LogP contribution in [0.25, 0.3) is 11.3 Å². The van der Waals surface area contributed by atoms with E-state index in [9.17, 15) is 9.59 Å². The molecule has 4 rings (SSSR count). The van der Waals surface area contributed by atoms with Crippen molar-refractivity contribution < 1.29 is 23.6 Å². The number of ether oxygens (including phenoxy) is 2. The zero-order chi connectivity index (χ0) is 26.9. The lowest BCUT2D eigenvalue weighted by Gasteiger charge is -2.23. The van der Waals surface area contributed by atoms with Gasteiger partial charge in [-0.2, -0.15) is 0 Å². The first-order valence-corrected chi connectivity index (χ1v) is 12.3. The lowest BCUT2D eigenvalue weighted by molar-refractivity contribution is -0.130. The van der Waals surface area contributed by atoms with Gasteiger partial charge in [-0.1, -0.05) is 65.8 Å². The van der Waals surface area contributed by atoms with Crippen molar-refractivity contribution in [2.24, 2.45) is 0 Å². The second-order valence-electron chi connectivity index (χ2n) is 8.84. The van der Waals surface area contributed by atoms with Crippen LogP contribution in [0, 0.1) is 0 Å². The highest BCUT2D eigenvalue weighted by Crippen LogP contribution is 2.34. The number of nitrogens with zero attached hydrogens (tertiary/aromatic N) is 3. The Kier molecular flexibility index (Phi) is 8.77. The number of amides is 2. The molecule has 0 unspecified atom stereocenters. The normalized spacial score (nSPS) is 10.6. The van der Waals surface area contributed by atoms with Crippen molar-refractivity contribution in [1.82, 2.24) is 15.0 Å². The Balaban J connectivity index is 1.51. The molecule has 0 fully saturated rings. The standard InChI is InChI=1S/C30H31N3O5/c1-32(20-22-10-6-4-7-11-22)29(34)16-17-33(21-23-12-8-5-9-13-23)30(35)26-19-28(38-31-26)25-18-24(36-2)14-15-27(25)37-3/h4-15,18-19H,16-17,20-21H2,1-3H3. The van der Waals surface area contributed by atoms with Gasteiger partial charge in [0.05, 0.1) is 19.8 Å². The smallest absolute Gasteiger partial charge is 0.276 e. The van der Waals surface area contributed by atoms with Crippen molar-refractivity contribution in [3.05, 3.63) is 102 Å². The molecule has 1 aromatic heterocycles. The van der Waals surface area contributed by atoms with Crippen molar-refractivity contribution in [2.75, 3.05) is 27.8 Å². The Hall–Kier alpha value is -4.59. The minimum atomic E-state index is -0.329. The van der Waals surface area contributed by atoms with Gasteiger partial charge in [-0.05, 0) is 29.3 Å². The molecule has 0 spiro atoms. The number of hydrogen-bond acceptors (Lipinski definition) is 6. The highest BCUT2D eigenvalue weighted by molar-refractivity contribution is 5.93. The molecular formula is C30H31N3O5. The van der Waals surface area contributed by atoms with Gasteiger partial charge in [0.15, 0.2) is 11.5 Å². The summed E-state index contributed by atoms with van der Waals surface area (Å²) in [4.78, 5) is 29.8. The number of methoxy groups -OCH3 is 2. The molecule has 8 nitrogen and oxygen atoms in total. The van der Waals surface area contributed by atoms with Crippen LogP contribution in [0.4, 0.5) is 0 Å². The van der Waals surface area contributed by atoms with Crippen molar-refractivity contribution in [3.63, 3.8) is 0 Å². The van der Waals surface area contributed by atoms with Gasteiger partial charge in [0.1, 0.15) is 11.5 Å². The van der Waals surface area contributed by atoms with Gasteiger partial charge >= 0.3 is 0 Å². The highest BCUT2D eigenvalue weighted by atomic mass is 16.5. The van der Waals surface area contributed by atoms with E-state index in [1.807, 2.05) is 60.7 Å². The number of carbonyl (C=O) groups excluding carboxylic acids is 2. The third-order valence-corrected chi connectivity index (χ3v) is 6.19. The second kappa shape index (κ2) is 12.6. The first kappa shape index (κ1) is 26.5. The Labute approximate surface area is 222 Å². The summed E-state index contributed by atoms with van der Waals surface area (Å²) in [7, 11) is 4.90. The average Bonchev–Trinajstić information content (AvgIpc) is 3.45. The average molecular weight is 514 g/mol. The van der Waals surface area contributed by atoms with Gasteiger partial charge in [-0.15, -0.1) is 0 Å². The van der Waals surface area contributed by atoms with E-state index >= 15 is 0 Å². The van der Waals surface area contributed by atoms with E-state index in [0.717, 1.165) is 11.1 Å². The van der Waals surface area contributed by atoms with Crippen molar-refractivity contribution in [1.29, 1.82) is 0 Å². The highest BCUT2D eigenvalue weighted by Gasteiger charge is 2.23. The Morgan fingerprint density at radius 1 is 0.842 bits per heavy atom. The molecule has 0 bridgehead atoms. The number of hydrogen-bond donors (Lipinski definition) is 0. The van der Waals surface area contributed by atoms with Gasteiger partial charge < -0.3 is 23.8 Å². The van der Waals surface area contributed by atoms with Crippen LogP contribution in [0.3, 0.4) is 0 Å². The summed E-state index contributed by atoms with van der Waals surface area (Å²) in [6, 6.07) is 26.3. The third-order valence-electron chi connectivity index (χ3n) is 6.19. The van der Waals surface area contributed by atoms with Crippen molar-refractivity contribution in [3.8, 4) is 22.8 Å². The van der Waals surface area contributed by atoms with Crippen molar-refractivity contribution >= 4 is 11.8 Å². The molecule has 0 N–H and O–H groups in total. The summed E-state index contributed by atoms with van der Waals surface area (Å²) in [5, 5.41) is 4.05. The fraction of sp³-hybridized carbons (Fsp3) is 0.233. The molecular weight excluding hydrogens is 482 g/mol. The van der Waals surface area contributed by atoms with Gasteiger partial charge in [-0.3, -0.25) is 9.59 Å². The van der Waals surface area contributed by atoms with E-state index in [1.165, 1.54) is 0 Å². The van der Waals surface area contributed by atoms with Crippen LogP contribution < -0.4 is 9.47 Å². The van der Waals surface area contributed by atoms with E-state index in [4.69, 9.17) is 14.0 Å². The molecule has 38 heavy (non-hydrogen) atoms. The molecule has 0 aliphatic heterocycles. The molecule has 2 amide bonds. The Morgan fingerprint density at radius 2 is 1.50 bits per heavy atom. The number of rotatable bonds is 11. The van der Waals surface area contributed by atoms with E-state index in [0.29, 0.717) is 35.9 Å². The predicted octanol–water partition coefficient (Wildman–Crippen LogP) is 5.05. The molecule has 0 aliphatic carbocycles. The van der Waals surface area contributed by atoms with E-state index in [-0.39, 0.29) is 30.5 Å². The van der Waals surface area contributed by atoms with Gasteiger partial charge in [0.2, 0.25) is 5.91 Å². The summed E-state index contributed by atoms with van der Waals surface area (Å²) in [5.41, 5.74) is 2.75. The summed E-state index contributed by atoms with van der Waals surface area (Å²) in [6.07, 6.45) is 0.177. The molecule has 0 aliphatic rings. The summed E-state index contributed by atoms with van der Waals surface area (Å²) in [5.74, 6) is 1.18. The van der Waals surface area contributed by atoms with Crippen LogP contribution in [-0.4, -0.2) is 54.6 Å². The van der Waals surface area contributed by atoms with E-state index < -0.39 is 0 Å². The fourth-order valence-electron chi connectivity index (χ4n) is 4.09. The van der Waals surface area contributed by atoms with Gasteiger partial charge in [-0.25, -0.2) is 0 Å². The second-order valence-corrected chi connectivity index (χ2v) is 8.84. The molecule has 0 radical (unpaired) electrons. The lowest BCUT2D eigenvalue weighted by atomic mass is 10.1.